The molecule has 24 heavy (non-hydrogen) atoms. The minimum Gasteiger partial charge on any atom is -0.369 e. The molecule has 1 aromatic rings. The number of nitrogens with two attached hydrogens (primary N) is 1. The number of halogens is 2. The molecule has 1 aromatic carbocycles. The molecule has 1 saturated carbocycles. The molecular formula is C16H20F2N2O3S. The normalized spacial score (nSPS) is 25.6. The summed E-state index contributed by atoms with van der Waals surface area (Å²) >= 11 is 0. The van der Waals surface area contributed by atoms with E-state index in [0.717, 1.165) is 25.0 Å². The first-order chi connectivity index (χ1) is 11.2. The van der Waals surface area contributed by atoms with Crippen LogP contribution in [0.15, 0.2) is 23.1 Å². The summed E-state index contributed by atoms with van der Waals surface area (Å²) in [5.41, 5.74) is 4.73. The van der Waals surface area contributed by atoms with Crippen LogP contribution in [0.3, 0.4) is 0 Å². The van der Waals surface area contributed by atoms with Gasteiger partial charge in [-0.15, -0.1) is 0 Å². The van der Waals surface area contributed by atoms with E-state index in [-0.39, 0.29) is 18.0 Å². The SMILES string of the molecule is NC(=O)C1(CC2CC2)CCCN(S(=O)(=O)c2ccc(F)c(F)c2)C1. The molecule has 1 aliphatic carbocycles. The maximum absolute atomic E-state index is 13.4. The lowest BCUT2D eigenvalue weighted by molar-refractivity contribution is -0.130. The molecule has 1 aliphatic heterocycles. The highest BCUT2D eigenvalue weighted by Gasteiger charge is 2.47. The summed E-state index contributed by atoms with van der Waals surface area (Å²) < 4.78 is 53.1. The van der Waals surface area contributed by atoms with Crippen molar-refractivity contribution in [1.82, 2.24) is 4.31 Å². The molecule has 2 aliphatic rings. The molecule has 5 nitrogen and oxygen atoms in total. The predicted molar refractivity (Wildman–Crippen MR) is 83.3 cm³/mol. The molecule has 1 saturated heterocycles. The quantitative estimate of drug-likeness (QED) is 0.874. The molecule has 1 unspecified atom stereocenters. The van der Waals surface area contributed by atoms with Gasteiger partial charge in [0.25, 0.3) is 0 Å². The molecule has 0 spiro atoms. The first kappa shape index (κ1) is 17.3. The highest BCUT2D eigenvalue weighted by atomic mass is 32.2. The van der Waals surface area contributed by atoms with Crippen molar-refractivity contribution in [3.8, 4) is 0 Å². The summed E-state index contributed by atoms with van der Waals surface area (Å²) in [6, 6.07) is 2.50. The lowest BCUT2D eigenvalue weighted by Gasteiger charge is -2.40. The molecule has 2 N–H and O–H groups in total. The van der Waals surface area contributed by atoms with Crippen molar-refractivity contribution in [2.75, 3.05) is 13.1 Å². The van der Waals surface area contributed by atoms with Crippen molar-refractivity contribution in [2.24, 2.45) is 17.1 Å². The third-order valence-corrected chi connectivity index (χ3v) is 6.81. The lowest BCUT2D eigenvalue weighted by atomic mass is 9.75. The largest absolute Gasteiger partial charge is 0.369 e. The second-order valence-corrected chi connectivity index (χ2v) is 8.75. The Morgan fingerprint density at radius 1 is 1.29 bits per heavy atom. The smallest absolute Gasteiger partial charge is 0.243 e. The number of hydrogen-bond acceptors (Lipinski definition) is 3. The molecule has 0 aromatic heterocycles. The van der Waals surface area contributed by atoms with Crippen LogP contribution in [-0.4, -0.2) is 31.7 Å². The van der Waals surface area contributed by atoms with Crippen molar-refractivity contribution >= 4 is 15.9 Å². The number of sulfonamides is 1. The Kier molecular flexibility index (Phi) is 4.37. The summed E-state index contributed by atoms with van der Waals surface area (Å²) in [4.78, 5) is 11.7. The second kappa shape index (κ2) is 6.07. The first-order valence-corrected chi connectivity index (χ1v) is 9.44. The van der Waals surface area contributed by atoms with Gasteiger partial charge in [0.05, 0.1) is 10.3 Å². The van der Waals surface area contributed by atoms with Crippen LogP contribution in [0.25, 0.3) is 0 Å². The number of amides is 1. The average Bonchev–Trinajstić information content (AvgIpc) is 3.33. The summed E-state index contributed by atoms with van der Waals surface area (Å²) in [6.07, 6.45) is 3.73. The van der Waals surface area contributed by atoms with Gasteiger partial charge in [0.2, 0.25) is 15.9 Å². The van der Waals surface area contributed by atoms with Gasteiger partial charge in [0.15, 0.2) is 11.6 Å². The summed E-state index contributed by atoms with van der Waals surface area (Å²) in [6.45, 7) is 0.237. The van der Waals surface area contributed by atoms with Crippen LogP contribution in [0.2, 0.25) is 0 Å². The molecule has 3 rings (SSSR count). The number of carbonyl (C=O) groups is 1. The second-order valence-electron chi connectivity index (χ2n) is 6.81. The minimum atomic E-state index is -4.00. The van der Waals surface area contributed by atoms with E-state index in [0.29, 0.717) is 31.2 Å². The molecule has 1 heterocycles. The summed E-state index contributed by atoms with van der Waals surface area (Å²) in [5, 5.41) is 0. The molecule has 2 fully saturated rings. The van der Waals surface area contributed by atoms with Crippen molar-refractivity contribution < 1.29 is 22.0 Å². The van der Waals surface area contributed by atoms with Crippen LogP contribution in [0.1, 0.15) is 32.1 Å². The van der Waals surface area contributed by atoms with E-state index in [1.165, 1.54) is 4.31 Å². The minimum absolute atomic E-state index is 0.000161. The maximum Gasteiger partial charge on any atom is 0.243 e. The molecule has 1 atom stereocenters. The molecule has 0 bridgehead atoms. The number of benzene rings is 1. The van der Waals surface area contributed by atoms with Gasteiger partial charge in [-0.25, -0.2) is 17.2 Å². The van der Waals surface area contributed by atoms with Crippen LogP contribution >= 0.6 is 0 Å². The Morgan fingerprint density at radius 3 is 2.58 bits per heavy atom. The van der Waals surface area contributed by atoms with E-state index < -0.39 is 33.0 Å². The zero-order valence-corrected chi connectivity index (χ0v) is 14.0. The first-order valence-electron chi connectivity index (χ1n) is 8.00. The number of nitrogens with zero attached hydrogens (tertiary/aromatic N) is 1. The molecule has 132 valence electrons. The molecule has 0 radical (unpaired) electrons. The van der Waals surface area contributed by atoms with Crippen molar-refractivity contribution in [3.63, 3.8) is 0 Å². The lowest BCUT2D eigenvalue weighted by Crippen LogP contribution is -2.52. The van der Waals surface area contributed by atoms with Gasteiger partial charge in [0.1, 0.15) is 0 Å². The Bertz CT molecular complexity index is 765. The van der Waals surface area contributed by atoms with E-state index in [2.05, 4.69) is 0 Å². The highest BCUT2D eigenvalue weighted by molar-refractivity contribution is 7.89. The topological polar surface area (TPSA) is 80.5 Å². The van der Waals surface area contributed by atoms with Crippen LogP contribution in [0.4, 0.5) is 8.78 Å². The molecular weight excluding hydrogens is 338 g/mol. The summed E-state index contributed by atoms with van der Waals surface area (Å²) in [5.74, 6) is -2.39. The number of hydrogen-bond donors (Lipinski definition) is 1. The van der Waals surface area contributed by atoms with Crippen molar-refractivity contribution in [3.05, 3.63) is 29.8 Å². The van der Waals surface area contributed by atoms with Gasteiger partial charge in [0, 0.05) is 13.1 Å². The zero-order valence-electron chi connectivity index (χ0n) is 13.2. The third-order valence-electron chi connectivity index (χ3n) is 4.97. The van der Waals surface area contributed by atoms with Gasteiger partial charge >= 0.3 is 0 Å². The van der Waals surface area contributed by atoms with Crippen molar-refractivity contribution in [1.29, 1.82) is 0 Å². The standard InChI is InChI=1S/C16H20F2N2O3S/c17-13-5-4-12(8-14(13)18)24(22,23)20-7-1-6-16(10-20,15(19)21)9-11-2-3-11/h4-5,8,11H,1-3,6-7,9-10H2,(H2,19,21). The number of primary amides is 1. The average molecular weight is 358 g/mol. The Morgan fingerprint density at radius 2 is 2.00 bits per heavy atom. The Labute approximate surface area is 139 Å². The molecule has 8 heteroatoms. The Hall–Kier alpha value is -1.54. The van der Waals surface area contributed by atoms with E-state index in [9.17, 15) is 22.0 Å². The van der Waals surface area contributed by atoms with Crippen LogP contribution < -0.4 is 5.73 Å². The number of piperidine rings is 1. The van der Waals surface area contributed by atoms with Gasteiger partial charge in [-0.3, -0.25) is 4.79 Å². The van der Waals surface area contributed by atoms with E-state index in [1.807, 2.05) is 0 Å². The Balaban J connectivity index is 1.89. The van der Waals surface area contributed by atoms with Gasteiger partial charge in [-0.1, -0.05) is 12.8 Å². The van der Waals surface area contributed by atoms with Crippen LogP contribution in [-0.2, 0) is 14.8 Å². The van der Waals surface area contributed by atoms with Gasteiger partial charge in [-0.2, -0.15) is 4.31 Å². The van der Waals surface area contributed by atoms with Gasteiger partial charge < -0.3 is 5.73 Å². The molecule has 1 amide bonds. The number of carbonyl (C=O) groups excluding carboxylic acids is 1. The van der Waals surface area contributed by atoms with E-state index in [4.69, 9.17) is 5.73 Å². The van der Waals surface area contributed by atoms with E-state index in [1.54, 1.807) is 0 Å². The van der Waals surface area contributed by atoms with Crippen LogP contribution in [0, 0.1) is 23.0 Å². The van der Waals surface area contributed by atoms with Crippen molar-refractivity contribution in [2.45, 2.75) is 37.0 Å². The fourth-order valence-electron chi connectivity index (χ4n) is 3.42. The fourth-order valence-corrected chi connectivity index (χ4v) is 5.00. The van der Waals surface area contributed by atoms with Gasteiger partial charge in [-0.05, 0) is 43.4 Å². The fraction of sp³-hybridized carbons (Fsp3) is 0.562. The monoisotopic (exact) mass is 358 g/mol. The third kappa shape index (κ3) is 3.17. The maximum atomic E-state index is 13.4. The number of rotatable bonds is 5. The van der Waals surface area contributed by atoms with E-state index >= 15 is 0 Å². The van der Waals surface area contributed by atoms with Crippen LogP contribution in [0.5, 0.6) is 0 Å². The highest BCUT2D eigenvalue weighted by Crippen LogP contribution is 2.45. The summed E-state index contributed by atoms with van der Waals surface area (Å²) in [7, 11) is -4.00. The predicted octanol–water partition coefficient (Wildman–Crippen LogP) is 2.02. The zero-order chi connectivity index (χ0) is 17.5.